The first-order chi connectivity index (χ1) is 13.5. The summed E-state index contributed by atoms with van der Waals surface area (Å²) in [7, 11) is -4.77. The highest BCUT2D eigenvalue weighted by Gasteiger charge is 2.30. The summed E-state index contributed by atoms with van der Waals surface area (Å²) >= 11 is 0. The van der Waals surface area contributed by atoms with E-state index in [1.54, 1.807) is 5.09 Å². The van der Waals surface area contributed by atoms with E-state index in [4.69, 9.17) is 15.9 Å². The summed E-state index contributed by atoms with van der Waals surface area (Å²) in [6.07, 6.45) is -3.96. The fourth-order valence-electron chi connectivity index (χ4n) is 1.76. The van der Waals surface area contributed by atoms with E-state index in [2.05, 4.69) is 19.3 Å². The van der Waals surface area contributed by atoms with Crippen LogP contribution in [0.1, 0.15) is 25.7 Å². The molecule has 0 aliphatic heterocycles. The molecule has 15 nitrogen and oxygen atoms in total. The second kappa shape index (κ2) is 13.6. The molecule has 1 amide bonds. The highest BCUT2D eigenvalue weighted by atomic mass is 31.2. The Balaban J connectivity index is 4.69. The quantitative estimate of drug-likeness (QED) is 0.0799. The summed E-state index contributed by atoms with van der Waals surface area (Å²) in [5.74, 6) is -3.63. The van der Waals surface area contributed by atoms with Crippen LogP contribution >= 0.6 is 7.75 Å². The molecule has 0 saturated carbocycles. The molecule has 4 atom stereocenters. The number of hydrogen-bond acceptors (Lipinski definition) is 10. The highest BCUT2D eigenvalue weighted by Crippen LogP contribution is 2.38. The lowest BCUT2D eigenvalue weighted by molar-refractivity contribution is -0.142. The predicted octanol–water partition coefficient (Wildman–Crippen LogP) is -2.14. The maximum atomic E-state index is 11.9. The zero-order chi connectivity index (χ0) is 22.4. The topological polar surface area (TPSA) is 241 Å². The maximum Gasteiger partial charge on any atom is 0.403 e. The normalized spacial score (nSPS) is 15.8. The lowest BCUT2D eigenvalue weighted by Crippen LogP contribution is -2.41. The molecular weight excluding hydrogens is 421 g/mol. The van der Waals surface area contributed by atoms with Crippen LogP contribution in [0.3, 0.4) is 0 Å². The second-order valence-electron chi connectivity index (χ2n) is 5.37. The van der Waals surface area contributed by atoms with Gasteiger partial charge < -0.3 is 29.9 Å². The number of rotatable bonds is 17. The van der Waals surface area contributed by atoms with Gasteiger partial charge in [-0.05, 0) is 6.42 Å². The van der Waals surface area contributed by atoms with Gasteiger partial charge in [-0.1, -0.05) is 0 Å². The van der Waals surface area contributed by atoms with Gasteiger partial charge in [0.2, 0.25) is 5.91 Å². The molecule has 0 aliphatic rings. The zero-order valence-electron chi connectivity index (χ0n) is 15.0. The first-order valence-corrected chi connectivity index (χ1v) is 9.51. The van der Waals surface area contributed by atoms with Gasteiger partial charge in [-0.15, -0.1) is 0 Å². The van der Waals surface area contributed by atoms with E-state index in [-0.39, 0.29) is 25.8 Å². The van der Waals surface area contributed by atoms with E-state index >= 15 is 0 Å². The average molecular weight is 443 g/mol. The SMILES string of the molecule is N[C@@H](CCC(=O)N[C@@H](COP(=O)(O)N[C@@H](CCC(=O)O)C(=O)O)OC=O)OC=O. The smallest absolute Gasteiger partial charge is 0.403 e. The molecule has 0 aliphatic carbocycles. The van der Waals surface area contributed by atoms with E-state index in [1.165, 1.54) is 0 Å². The molecule has 0 radical (unpaired) electrons. The van der Waals surface area contributed by atoms with E-state index in [9.17, 15) is 33.4 Å². The van der Waals surface area contributed by atoms with Crippen molar-refractivity contribution in [1.29, 1.82) is 0 Å². The van der Waals surface area contributed by atoms with Crippen molar-refractivity contribution in [3.8, 4) is 0 Å². The number of carbonyl (C=O) groups excluding carboxylic acids is 3. The molecule has 166 valence electrons. The Labute approximate surface area is 164 Å². The zero-order valence-corrected chi connectivity index (χ0v) is 15.9. The Morgan fingerprint density at radius 1 is 1.07 bits per heavy atom. The third-order valence-electron chi connectivity index (χ3n) is 3.09. The van der Waals surface area contributed by atoms with Crippen LogP contribution in [0.15, 0.2) is 0 Å². The van der Waals surface area contributed by atoms with Gasteiger partial charge in [0.05, 0.1) is 0 Å². The lowest BCUT2D eigenvalue weighted by atomic mass is 10.2. The van der Waals surface area contributed by atoms with Gasteiger partial charge in [0.1, 0.15) is 12.6 Å². The van der Waals surface area contributed by atoms with Crippen molar-refractivity contribution in [2.45, 2.75) is 44.2 Å². The van der Waals surface area contributed by atoms with Crippen molar-refractivity contribution in [3.05, 3.63) is 0 Å². The number of carboxylic acids is 2. The second-order valence-corrected chi connectivity index (χ2v) is 6.92. The largest absolute Gasteiger partial charge is 0.481 e. The number of carboxylic acid groups (broad SMARTS) is 2. The minimum Gasteiger partial charge on any atom is -0.481 e. The fourth-order valence-corrected chi connectivity index (χ4v) is 2.81. The molecule has 1 unspecified atom stereocenters. The molecule has 0 aromatic carbocycles. The maximum absolute atomic E-state index is 11.9. The van der Waals surface area contributed by atoms with E-state index in [1.807, 2.05) is 0 Å². The Bertz CT molecular complexity index is 630. The van der Waals surface area contributed by atoms with Crippen molar-refractivity contribution in [3.63, 3.8) is 0 Å². The molecule has 0 aromatic rings. The molecule has 7 N–H and O–H groups in total. The molecule has 29 heavy (non-hydrogen) atoms. The van der Waals surface area contributed by atoms with Crippen LogP contribution in [0.5, 0.6) is 0 Å². The van der Waals surface area contributed by atoms with Crippen LogP contribution in [0, 0.1) is 0 Å². The summed E-state index contributed by atoms with van der Waals surface area (Å²) < 4.78 is 25.4. The minimum absolute atomic E-state index is 0.0663. The molecule has 0 heterocycles. The third-order valence-corrected chi connectivity index (χ3v) is 4.23. The van der Waals surface area contributed by atoms with Gasteiger partial charge in [0, 0.05) is 19.3 Å². The number of hydrogen-bond donors (Lipinski definition) is 6. The summed E-state index contributed by atoms with van der Waals surface area (Å²) in [5, 5.41) is 21.4. The fraction of sp³-hybridized carbons (Fsp3) is 0.615. The number of ether oxygens (including phenoxy) is 2. The predicted molar refractivity (Wildman–Crippen MR) is 90.6 cm³/mol. The van der Waals surface area contributed by atoms with E-state index < -0.39 is 63.5 Å². The van der Waals surface area contributed by atoms with Gasteiger partial charge in [-0.25, -0.2) is 9.65 Å². The first kappa shape index (κ1) is 26.4. The van der Waals surface area contributed by atoms with Gasteiger partial charge >= 0.3 is 19.7 Å². The highest BCUT2D eigenvalue weighted by molar-refractivity contribution is 7.50. The van der Waals surface area contributed by atoms with Gasteiger partial charge in [0.25, 0.3) is 12.9 Å². The Hall–Kier alpha value is -2.58. The number of amides is 1. The van der Waals surface area contributed by atoms with E-state index in [0.29, 0.717) is 0 Å². The number of carbonyl (C=O) groups is 5. The molecular formula is C13H22N3O12P. The molecule has 0 fully saturated rings. The Kier molecular flexibility index (Phi) is 12.4. The lowest BCUT2D eigenvalue weighted by Gasteiger charge is -2.21. The van der Waals surface area contributed by atoms with Crippen molar-refractivity contribution < 1.29 is 57.6 Å². The van der Waals surface area contributed by atoms with Crippen LogP contribution in [-0.2, 0) is 42.5 Å². The van der Waals surface area contributed by atoms with Crippen LogP contribution in [0.25, 0.3) is 0 Å². The monoisotopic (exact) mass is 443 g/mol. The Morgan fingerprint density at radius 3 is 2.21 bits per heavy atom. The van der Waals surface area contributed by atoms with Gasteiger partial charge in [0.15, 0.2) is 12.5 Å². The van der Waals surface area contributed by atoms with Gasteiger partial charge in [-0.3, -0.25) is 34.2 Å². The van der Waals surface area contributed by atoms with Crippen LogP contribution < -0.4 is 16.1 Å². The third kappa shape index (κ3) is 13.3. The Morgan fingerprint density at radius 2 is 1.69 bits per heavy atom. The van der Waals surface area contributed by atoms with Crippen LogP contribution in [0.2, 0.25) is 0 Å². The minimum atomic E-state index is -4.77. The van der Waals surface area contributed by atoms with Gasteiger partial charge in [-0.2, -0.15) is 0 Å². The molecule has 0 bridgehead atoms. The van der Waals surface area contributed by atoms with Crippen LogP contribution in [-0.4, -0.2) is 71.0 Å². The van der Waals surface area contributed by atoms with Crippen molar-refractivity contribution in [2.24, 2.45) is 5.73 Å². The molecule has 0 saturated heterocycles. The van der Waals surface area contributed by atoms with E-state index in [0.717, 1.165) is 0 Å². The molecule has 0 aromatic heterocycles. The average Bonchev–Trinajstić information content (AvgIpc) is 2.61. The number of nitrogens with two attached hydrogens (primary N) is 1. The van der Waals surface area contributed by atoms with Crippen LogP contribution in [0.4, 0.5) is 0 Å². The molecule has 0 rings (SSSR count). The van der Waals surface area contributed by atoms with Crippen molar-refractivity contribution in [2.75, 3.05) is 6.61 Å². The molecule has 0 spiro atoms. The standard InChI is InChI=1S/C13H22N3O12P/c14-9(26-6-17)2-3-10(19)15-11(27-7-18)5-28-29(24,25)16-8(13(22)23)1-4-12(20)21/h6-9,11H,1-5,14H2,(H,15,19)(H,20,21)(H,22,23)(H2,16,24,25)/t8-,9+,11+/m0/s1. The van der Waals surface area contributed by atoms with Crippen molar-refractivity contribution in [1.82, 2.24) is 10.4 Å². The summed E-state index contributed by atoms with van der Waals surface area (Å²) in [6, 6.07) is -1.71. The summed E-state index contributed by atoms with van der Waals surface area (Å²) in [6.45, 7) is -0.813. The first-order valence-electron chi connectivity index (χ1n) is 7.93. The van der Waals surface area contributed by atoms with Crippen molar-refractivity contribution >= 4 is 38.5 Å². The summed E-state index contributed by atoms with van der Waals surface area (Å²) in [5.41, 5.74) is 5.34. The number of aliphatic carboxylic acids is 2. The number of nitrogens with one attached hydrogen (secondary N) is 2. The summed E-state index contributed by atoms with van der Waals surface area (Å²) in [4.78, 5) is 63.5. The molecule has 16 heteroatoms.